The number of aromatic hydroxyl groups is 1. The molecule has 30 heavy (non-hydrogen) atoms. The van der Waals surface area contributed by atoms with Gasteiger partial charge in [-0.05, 0) is 18.2 Å². The van der Waals surface area contributed by atoms with E-state index in [0.29, 0.717) is 17.8 Å². The van der Waals surface area contributed by atoms with Crippen molar-refractivity contribution in [1.82, 2.24) is 9.78 Å². The average Bonchev–Trinajstić information content (AvgIpc) is 2.94. The summed E-state index contributed by atoms with van der Waals surface area (Å²) in [4.78, 5) is 21.6. The zero-order chi connectivity index (χ0) is 21.3. The van der Waals surface area contributed by atoms with Crippen LogP contribution in [0, 0.1) is 17.0 Å². The Morgan fingerprint density at radius 2 is 1.87 bits per heavy atom. The molecule has 0 aliphatic heterocycles. The van der Waals surface area contributed by atoms with Crippen molar-refractivity contribution in [2.45, 2.75) is 11.8 Å². The Morgan fingerprint density at radius 3 is 2.43 bits per heavy atom. The van der Waals surface area contributed by atoms with Crippen molar-refractivity contribution in [3.05, 3.63) is 68.6 Å². The monoisotopic (exact) mass is 470 g/mol. The van der Waals surface area contributed by atoms with Gasteiger partial charge in [0.25, 0.3) is 10.1 Å². The molecule has 3 rings (SSSR count). The standard InChI is InChI=1S/C16H12N5O7S.Cr/c1-9-14(16(23)20(19-9)10-5-3-2-4-6-10)18-17-12-7-11(29(26,27)28)8-13(15(12)22)21(24)25;/h2-8,22H,1H3,(H,26,27,28);/q-1;. The number of aromatic nitrogens is 2. The summed E-state index contributed by atoms with van der Waals surface area (Å²) in [5.74, 6) is -0.980. The Kier molecular flexibility index (Phi) is 6.58. The van der Waals surface area contributed by atoms with Crippen LogP contribution in [0.1, 0.15) is 5.69 Å². The van der Waals surface area contributed by atoms with E-state index in [0.717, 1.165) is 4.68 Å². The van der Waals surface area contributed by atoms with Crippen LogP contribution in [0.5, 0.6) is 5.75 Å². The molecule has 156 valence electrons. The van der Waals surface area contributed by atoms with Crippen molar-refractivity contribution in [3.63, 3.8) is 0 Å². The quantitative estimate of drug-likeness (QED) is 0.188. The Labute approximate surface area is 179 Å². The molecule has 0 saturated carbocycles. The number of azo groups is 1. The van der Waals surface area contributed by atoms with Gasteiger partial charge in [-0.25, -0.2) is 9.78 Å². The van der Waals surface area contributed by atoms with Gasteiger partial charge in [0.05, 0.1) is 10.6 Å². The molecule has 0 radical (unpaired) electrons. The van der Waals surface area contributed by atoms with Crippen LogP contribution in [-0.2, 0) is 27.5 Å². The number of benzene rings is 2. The number of rotatable bonds is 5. The fraction of sp³-hybridized carbons (Fsp3) is 0.0625. The van der Waals surface area contributed by atoms with E-state index in [1.165, 1.54) is 6.92 Å². The first-order valence-electron chi connectivity index (χ1n) is 7.82. The second kappa shape index (κ2) is 8.59. The van der Waals surface area contributed by atoms with E-state index < -0.39 is 42.6 Å². The van der Waals surface area contributed by atoms with Gasteiger partial charge in [0.1, 0.15) is 16.1 Å². The zero-order valence-corrected chi connectivity index (χ0v) is 17.1. The molecule has 0 fully saturated rings. The van der Waals surface area contributed by atoms with E-state index in [1.807, 2.05) is 0 Å². The Morgan fingerprint density at radius 1 is 1.23 bits per heavy atom. The van der Waals surface area contributed by atoms with Crippen molar-refractivity contribution in [1.29, 1.82) is 0 Å². The first kappa shape index (κ1) is 23.0. The molecule has 0 saturated heterocycles. The minimum absolute atomic E-state index is 0. The largest absolute Gasteiger partial charge is 0.501 e. The summed E-state index contributed by atoms with van der Waals surface area (Å²) in [6, 6.07) is 9.59. The minimum Gasteiger partial charge on any atom is -0.501 e. The number of para-hydroxylation sites is 1. The van der Waals surface area contributed by atoms with Gasteiger partial charge < -0.3 is 15.0 Å². The Balaban J connectivity index is 0.00000320. The molecule has 0 atom stereocenters. The van der Waals surface area contributed by atoms with E-state index in [1.54, 1.807) is 30.3 Å². The summed E-state index contributed by atoms with van der Waals surface area (Å²) < 4.78 is 32.9. The molecule has 0 amide bonds. The number of phenolic OH excluding ortho intramolecular Hbond substituents is 1. The normalized spacial score (nSPS) is 11.4. The predicted octanol–water partition coefficient (Wildman–Crippen LogP) is 2.53. The molecule has 12 nitrogen and oxygen atoms in total. The number of hydrogen-bond acceptors (Lipinski definition) is 9. The molecule has 0 unspecified atom stereocenters. The van der Waals surface area contributed by atoms with Crippen LogP contribution in [0.25, 0.3) is 5.69 Å². The van der Waals surface area contributed by atoms with Gasteiger partial charge in [0.15, 0.2) is 0 Å². The second-order valence-corrected chi connectivity index (χ2v) is 7.15. The molecule has 3 aromatic rings. The van der Waals surface area contributed by atoms with Crippen LogP contribution < -0.4 is 5.56 Å². The summed E-state index contributed by atoms with van der Waals surface area (Å²) in [6.07, 6.45) is 0. The molecular weight excluding hydrogens is 458 g/mol. The van der Waals surface area contributed by atoms with E-state index in [4.69, 9.17) is 4.55 Å². The van der Waals surface area contributed by atoms with Gasteiger partial charge >= 0.3 is 5.69 Å². The van der Waals surface area contributed by atoms with Crippen molar-refractivity contribution < 1.29 is 40.4 Å². The molecule has 0 aliphatic carbocycles. The molecule has 14 heteroatoms. The topological polar surface area (TPSA) is 177 Å². The SMILES string of the molecule is Cc1nn(-c2ccccc2)c(=O)[c-]1N=Nc1cc(S(=O)(=O)O)cc([N+](=O)[O-])c1O.[Cr]. The van der Waals surface area contributed by atoms with Gasteiger partial charge in [0, 0.05) is 23.4 Å². The van der Waals surface area contributed by atoms with Crippen LogP contribution in [-0.4, -0.2) is 32.8 Å². The molecule has 2 aromatic carbocycles. The maximum absolute atomic E-state index is 12.5. The summed E-state index contributed by atoms with van der Waals surface area (Å²) in [5.41, 5.74) is -1.84. The summed E-state index contributed by atoms with van der Waals surface area (Å²) in [6.45, 7) is 1.48. The van der Waals surface area contributed by atoms with Crippen LogP contribution in [0.2, 0.25) is 0 Å². The summed E-state index contributed by atoms with van der Waals surface area (Å²) in [7, 11) is -4.82. The van der Waals surface area contributed by atoms with Crippen LogP contribution in [0.15, 0.2) is 62.4 Å². The van der Waals surface area contributed by atoms with Crippen molar-refractivity contribution in [3.8, 4) is 11.4 Å². The minimum atomic E-state index is -4.82. The molecule has 1 heterocycles. The van der Waals surface area contributed by atoms with Gasteiger partial charge in [0.2, 0.25) is 5.75 Å². The molecule has 0 aliphatic rings. The smallest absolute Gasteiger partial charge is 0.314 e. The molecule has 2 N–H and O–H groups in total. The third-order valence-electron chi connectivity index (χ3n) is 3.78. The van der Waals surface area contributed by atoms with Crippen LogP contribution in [0.4, 0.5) is 17.1 Å². The number of hydrogen-bond donors (Lipinski definition) is 2. The van der Waals surface area contributed by atoms with E-state index in [2.05, 4.69) is 15.3 Å². The first-order chi connectivity index (χ1) is 13.6. The molecule has 0 bridgehead atoms. The predicted molar refractivity (Wildman–Crippen MR) is 98.9 cm³/mol. The maximum Gasteiger partial charge on any atom is 0.314 e. The number of phenols is 1. The van der Waals surface area contributed by atoms with E-state index in [9.17, 15) is 28.4 Å². The fourth-order valence-corrected chi connectivity index (χ4v) is 2.93. The Hall–Kier alpha value is -3.31. The van der Waals surface area contributed by atoms with Crippen LogP contribution >= 0.6 is 0 Å². The number of nitro groups is 1. The Bertz CT molecular complexity index is 1300. The van der Waals surface area contributed by atoms with Gasteiger partial charge in [-0.2, -0.15) is 13.5 Å². The van der Waals surface area contributed by atoms with Gasteiger partial charge in [-0.1, -0.05) is 30.8 Å². The second-order valence-electron chi connectivity index (χ2n) is 5.73. The maximum atomic E-state index is 12.5. The zero-order valence-electron chi connectivity index (χ0n) is 15.0. The third-order valence-corrected chi connectivity index (χ3v) is 4.62. The number of nitro benzene ring substituents is 1. The van der Waals surface area contributed by atoms with Gasteiger partial charge in [-0.15, -0.1) is 5.69 Å². The van der Waals surface area contributed by atoms with E-state index in [-0.39, 0.29) is 28.7 Å². The number of nitrogens with zero attached hydrogens (tertiary/aromatic N) is 5. The van der Waals surface area contributed by atoms with Crippen LogP contribution in [0.3, 0.4) is 0 Å². The van der Waals surface area contributed by atoms with Crippen molar-refractivity contribution in [2.75, 3.05) is 0 Å². The molecule has 1 aromatic heterocycles. The third kappa shape index (κ3) is 4.47. The molecule has 0 spiro atoms. The van der Waals surface area contributed by atoms with Crippen molar-refractivity contribution >= 4 is 27.2 Å². The first-order valence-corrected chi connectivity index (χ1v) is 9.26. The summed E-state index contributed by atoms with van der Waals surface area (Å²) >= 11 is 0. The summed E-state index contributed by atoms with van der Waals surface area (Å²) in [5, 5.41) is 32.3. The van der Waals surface area contributed by atoms with Crippen molar-refractivity contribution in [2.24, 2.45) is 10.2 Å². The fourth-order valence-electron chi connectivity index (χ4n) is 2.40. The van der Waals surface area contributed by atoms with E-state index >= 15 is 0 Å². The van der Waals surface area contributed by atoms with Gasteiger partial charge in [-0.3, -0.25) is 14.7 Å². The average molecular weight is 470 g/mol. The molecular formula is C16H12CrN5O7S-. The number of aryl methyl sites for hydroxylation is 1.